The van der Waals surface area contributed by atoms with Gasteiger partial charge in [-0.25, -0.2) is 19.3 Å². The van der Waals surface area contributed by atoms with Crippen molar-refractivity contribution in [1.29, 1.82) is 0 Å². The van der Waals surface area contributed by atoms with Crippen LogP contribution in [0.15, 0.2) is 18.2 Å². The third-order valence-corrected chi connectivity index (χ3v) is 3.98. The van der Waals surface area contributed by atoms with Crippen molar-refractivity contribution in [3.63, 3.8) is 0 Å². The van der Waals surface area contributed by atoms with Crippen LogP contribution < -0.4 is 5.32 Å². The molecular weight excluding hydrogens is 479 g/mol. The number of nitrogens with one attached hydrogen (secondary N) is 1. The topological polar surface area (TPSA) is 50.7 Å². The van der Waals surface area contributed by atoms with Gasteiger partial charge in [0.1, 0.15) is 5.82 Å². The van der Waals surface area contributed by atoms with Crippen LogP contribution in [0, 0.1) is 5.82 Å². The van der Waals surface area contributed by atoms with Gasteiger partial charge < -0.3 is 5.32 Å². The Morgan fingerprint density at radius 2 is 1.48 bits per heavy atom. The minimum absolute atomic E-state index is 0.0135. The summed E-state index contributed by atoms with van der Waals surface area (Å²) < 4.78 is 10.2. The highest BCUT2D eigenvalue weighted by atomic mass is 35.6. The van der Waals surface area contributed by atoms with Crippen molar-refractivity contribution < 1.29 is 4.39 Å². The van der Waals surface area contributed by atoms with Crippen molar-refractivity contribution in [1.82, 2.24) is 15.0 Å². The highest BCUT2D eigenvalue weighted by Gasteiger charge is 2.34. The first-order chi connectivity index (χ1) is 11.5. The molecule has 0 radical (unpaired) electrons. The standard InChI is InChI=1S/C13H8Cl7FN4/c14-3-4-22-8-2-1-6(5-7(8)21)9-23-10(12(15,16)17)25-11(24-9)13(18,19)20/h1-2,5,22H,3-4H2. The zero-order valence-electron chi connectivity index (χ0n) is 12.0. The van der Waals surface area contributed by atoms with Crippen LogP contribution in [0.2, 0.25) is 0 Å². The van der Waals surface area contributed by atoms with Crippen molar-refractivity contribution in [2.45, 2.75) is 7.59 Å². The van der Waals surface area contributed by atoms with Crippen molar-refractivity contribution in [2.75, 3.05) is 17.7 Å². The third-order valence-electron chi connectivity index (χ3n) is 2.78. The van der Waals surface area contributed by atoms with Crippen molar-refractivity contribution in [3.8, 4) is 11.4 Å². The molecule has 0 saturated heterocycles. The Hall–Kier alpha value is -0.0100. The number of aromatic nitrogens is 3. The van der Waals surface area contributed by atoms with Gasteiger partial charge in [0.05, 0.1) is 5.69 Å². The Labute approximate surface area is 177 Å². The molecule has 0 aliphatic heterocycles. The number of hydrogen-bond acceptors (Lipinski definition) is 4. The molecule has 0 fully saturated rings. The molecule has 1 heterocycles. The number of hydrogen-bond donors (Lipinski definition) is 1. The van der Waals surface area contributed by atoms with E-state index in [4.69, 9.17) is 81.2 Å². The van der Waals surface area contributed by atoms with Gasteiger partial charge in [-0.05, 0) is 18.2 Å². The number of anilines is 1. The molecule has 0 bridgehead atoms. The van der Waals surface area contributed by atoms with Gasteiger partial charge in [-0.3, -0.25) is 0 Å². The lowest BCUT2D eigenvalue weighted by molar-refractivity contribution is 0.631. The smallest absolute Gasteiger partial charge is 0.250 e. The molecule has 2 aromatic rings. The molecule has 0 aliphatic rings. The van der Waals surface area contributed by atoms with Crippen molar-refractivity contribution in [3.05, 3.63) is 35.7 Å². The van der Waals surface area contributed by atoms with E-state index < -0.39 is 13.4 Å². The molecule has 25 heavy (non-hydrogen) atoms. The first kappa shape index (κ1) is 21.3. The molecule has 1 aromatic heterocycles. The van der Waals surface area contributed by atoms with E-state index in [9.17, 15) is 4.39 Å². The number of nitrogens with zero attached hydrogens (tertiary/aromatic N) is 3. The zero-order valence-corrected chi connectivity index (χ0v) is 17.3. The molecule has 0 amide bonds. The number of benzene rings is 1. The SMILES string of the molecule is Fc1cc(-c2nc(C(Cl)(Cl)Cl)nc(C(Cl)(Cl)Cl)n2)ccc1NCCCl. The lowest BCUT2D eigenvalue weighted by atomic mass is 10.2. The van der Waals surface area contributed by atoms with E-state index in [1.807, 2.05) is 0 Å². The lowest BCUT2D eigenvalue weighted by Crippen LogP contribution is -2.16. The first-order valence-electron chi connectivity index (χ1n) is 6.52. The van der Waals surface area contributed by atoms with Gasteiger partial charge in [0.25, 0.3) is 0 Å². The fourth-order valence-electron chi connectivity index (χ4n) is 1.74. The summed E-state index contributed by atoms with van der Waals surface area (Å²) in [5, 5.41) is 2.83. The molecule has 0 saturated carbocycles. The summed E-state index contributed by atoms with van der Waals surface area (Å²) in [6, 6.07) is 4.24. The summed E-state index contributed by atoms with van der Waals surface area (Å²) in [6.07, 6.45) is 0. The summed E-state index contributed by atoms with van der Waals surface area (Å²) in [5.74, 6) is -0.745. The molecule has 1 aromatic carbocycles. The Morgan fingerprint density at radius 1 is 0.920 bits per heavy atom. The van der Waals surface area contributed by atoms with Crippen LogP contribution in [0.1, 0.15) is 11.6 Å². The molecule has 136 valence electrons. The van der Waals surface area contributed by atoms with Gasteiger partial charge in [-0.1, -0.05) is 69.6 Å². The van der Waals surface area contributed by atoms with Crippen LogP contribution in [-0.4, -0.2) is 27.4 Å². The van der Waals surface area contributed by atoms with Crippen molar-refractivity contribution in [2.24, 2.45) is 0 Å². The fourth-order valence-corrected chi connectivity index (χ4v) is 2.34. The predicted octanol–water partition coefficient (Wildman–Crippen LogP) is 5.98. The van der Waals surface area contributed by atoms with Crippen LogP contribution in [0.4, 0.5) is 10.1 Å². The molecule has 1 N–H and O–H groups in total. The Balaban J connectivity index is 2.53. The van der Waals surface area contributed by atoms with Gasteiger partial charge in [-0.2, -0.15) is 0 Å². The van der Waals surface area contributed by atoms with Gasteiger partial charge in [0.15, 0.2) is 17.5 Å². The fraction of sp³-hybridized carbons (Fsp3) is 0.308. The third kappa shape index (κ3) is 5.73. The second-order valence-electron chi connectivity index (χ2n) is 4.61. The van der Waals surface area contributed by atoms with Crippen LogP contribution in [0.25, 0.3) is 11.4 Å². The lowest BCUT2D eigenvalue weighted by Gasteiger charge is -2.16. The zero-order chi connectivity index (χ0) is 18.8. The van der Waals surface area contributed by atoms with Gasteiger partial charge >= 0.3 is 0 Å². The number of halogens is 8. The molecule has 2 rings (SSSR count). The van der Waals surface area contributed by atoms with E-state index in [1.165, 1.54) is 12.1 Å². The summed E-state index contributed by atoms with van der Waals surface area (Å²) in [7, 11) is 0. The Bertz CT molecular complexity index is 729. The monoisotopic (exact) mass is 484 g/mol. The molecule has 4 nitrogen and oxygen atoms in total. The first-order valence-corrected chi connectivity index (χ1v) is 9.33. The molecule has 0 atom stereocenters. The van der Waals surface area contributed by atoms with Crippen molar-refractivity contribution >= 4 is 86.9 Å². The molecular formula is C13H8Cl7FN4. The van der Waals surface area contributed by atoms with Crippen LogP contribution in [0.5, 0.6) is 0 Å². The highest BCUT2D eigenvalue weighted by molar-refractivity contribution is 6.67. The second-order valence-corrected chi connectivity index (χ2v) is 9.55. The molecule has 0 unspecified atom stereocenters. The number of alkyl halides is 7. The predicted molar refractivity (Wildman–Crippen MR) is 103 cm³/mol. The van der Waals surface area contributed by atoms with Crippen LogP contribution >= 0.6 is 81.2 Å². The average Bonchev–Trinajstić information content (AvgIpc) is 2.51. The highest BCUT2D eigenvalue weighted by Crippen LogP contribution is 2.40. The Kier molecular flexibility index (Phi) is 7.10. The maximum atomic E-state index is 14.2. The second kappa shape index (κ2) is 8.34. The minimum Gasteiger partial charge on any atom is -0.381 e. The summed E-state index contributed by atoms with van der Waals surface area (Å²) in [4.78, 5) is 11.9. The summed E-state index contributed by atoms with van der Waals surface area (Å²) in [5.41, 5.74) is 0.545. The van der Waals surface area contributed by atoms with E-state index in [2.05, 4.69) is 20.3 Å². The van der Waals surface area contributed by atoms with Crippen LogP contribution in [-0.2, 0) is 7.59 Å². The summed E-state index contributed by atoms with van der Waals surface area (Å²) >= 11 is 40.4. The maximum Gasteiger partial charge on any atom is 0.250 e. The van der Waals surface area contributed by atoms with E-state index in [1.54, 1.807) is 6.07 Å². The maximum absolute atomic E-state index is 14.2. The van der Waals surface area contributed by atoms with E-state index >= 15 is 0 Å². The largest absolute Gasteiger partial charge is 0.381 e. The van der Waals surface area contributed by atoms with Gasteiger partial charge in [0, 0.05) is 18.0 Å². The molecule has 0 aliphatic carbocycles. The van der Waals surface area contributed by atoms with Gasteiger partial charge in [-0.15, -0.1) is 11.6 Å². The van der Waals surface area contributed by atoms with E-state index in [-0.39, 0.29) is 28.7 Å². The van der Waals surface area contributed by atoms with Crippen LogP contribution in [0.3, 0.4) is 0 Å². The average molecular weight is 487 g/mol. The number of rotatable bonds is 4. The Morgan fingerprint density at radius 3 is 1.92 bits per heavy atom. The van der Waals surface area contributed by atoms with E-state index in [0.717, 1.165) is 0 Å². The normalized spacial score (nSPS) is 12.3. The summed E-state index contributed by atoms with van der Waals surface area (Å²) in [6.45, 7) is 0.401. The van der Waals surface area contributed by atoms with Gasteiger partial charge in [0.2, 0.25) is 7.59 Å². The molecule has 12 heteroatoms. The molecule has 0 spiro atoms. The minimum atomic E-state index is -1.98. The quantitative estimate of drug-likeness (QED) is 0.539. The van der Waals surface area contributed by atoms with E-state index in [0.29, 0.717) is 12.4 Å².